The van der Waals surface area contributed by atoms with E-state index in [9.17, 15) is 0 Å². The minimum absolute atomic E-state index is 0.265. The zero-order chi connectivity index (χ0) is 14.7. The number of hydrogen-bond donors (Lipinski definition) is 1. The van der Waals surface area contributed by atoms with Gasteiger partial charge in [0, 0.05) is 18.4 Å². The van der Waals surface area contributed by atoms with E-state index in [2.05, 4.69) is 51.8 Å². The number of nitrogens with zero attached hydrogens (tertiary/aromatic N) is 4. The van der Waals surface area contributed by atoms with E-state index in [0.717, 1.165) is 22.2 Å². The molecule has 1 atom stereocenters. The molecule has 108 valence electrons. The number of aromatic nitrogens is 4. The van der Waals surface area contributed by atoms with Crippen molar-refractivity contribution in [2.24, 2.45) is 0 Å². The summed E-state index contributed by atoms with van der Waals surface area (Å²) in [5.41, 5.74) is 2.31. The molecule has 2 aromatic heterocycles. The van der Waals surface area contributed by atoms with Gasteiger partial charge in [0.2, 0.25) is 0 Å². The van der Waals surface area contributed by atoms with Crippen LogP contribution in [0.5, 0.6) is 0 Å². The quantitative estimate of drug-likeness (QED) is 0.787. The summed E-state index contributed by atoms with van der Waals surface area (Å²) in [6.07, 6.45) is 3.72. The minimum atomic E-state index is 0.265. The molecule has 2 heterocycles. The molecule has 3 rings (SSSR count). The molecule has 0 aliphatic carbocycles. The van der Waals surface area contributed by atoms with Gasteiger partial charge in [-0.3, -0.25) is 0 Å². The van der Waals surface area contributed by atoms with E-state index in [1.165, 1.54) is 5.56 Å². The highest BCUT2D eigenvalue weighted by atomic mass is 32.1. The third-order valence-electron chi connectivity index (χ3n) is 3.29. The summed E-state index contributed by atoms with van der Waals surface area (Å²) in [5.74, 6) is 0. The molecule has 0 unspecified atom stereocenters. The fourth-order valence-corrected chi connectivity index (χ4v) is 2.76. The normalized spacial score (nSPS) is 12.5. The zero-order valence-electron chi connectivity index (χ0n) is 12.0. The number of rotatable bonds is 5. The second kappa shape index (κ2) is 6.15. The van der Waals surface area contributed by atoms with Crippen molar-refractivity contribution < 1.29 is 0 Å². The largest absolute Gasteiger partial charge is 0.304 e. The van der Waals surface area contributed by atoms with Gasteiger partial charge in [-0.15, -0.1) is 21.5 Å². The summed E-state index contributed by atoms with van der Waals surface area (Å²) in [5, 5.41) is 17.9. The van der Waals surface area contributed by atoms with Crippen LogP contribution in [0, 0.1) is 6.92 Å². The lowest BCUT2D eigenvalue weighted by Crippen LogP contribution is -2.18. The van der Waals surface area contributed by atoms with Gasteiger partial charge < -0.3 is 5.32 Å². The summed E-state index contributed by atoms with van der Waals surface area (Å²) in [6, 6.07) is 10.6. The van der Waals surface area contributed by atoms with E-state index in [1.54, 1.807) is 17.5 Å². The van der Waals surface area contributed by atoms with Gasteiger partial charge >= 0.3 is 0 Å². The number of aryl methyl sites for hydroxylation is 1. The summed E-state index contributed by atoms with van der Waals surface area (Å²) >= 11 is 1.63. The summed E-state index contributed by atoms with van der Waals surface area (Å²) in [7, 11) is 0. The fraction of sp³-hybridized carbons (Fsp3) is 0.267. The van der Waals surface area contributed by atoms with Crippen molar-refractivity contribution in [3.05, 3.63) is 58.3 Å². The molecule has 0 saturated heterocycles. The van der Waals surface area contributed by atoms with Crippen molar-refractivity contribution in [2.75, 3.05) is 0 Å². The van der Waals surface area contributed by atoms with Gasteiger partial charge in [-0.25, -0.2) is 4.68 Å². The molecule has 1 N–H and O–H groups in total. The molecule has 6 heteroatoms. The minimum Gasteiger partial charge on any atom is -0.304 e. The van der Waals surface area contributed by atoms with Crippen molar-refractivity contribution in [3.63, 3.8) is 0 Å². The Labute approximate surface area is 127 Å². The maximum atomic E-state index is 4.23. The second-order valence-corrected chi connectivity index (χ2v) is 6.13. The van der Waals surface area contributed by atoms with E-state index in [-0.39, 0.29) is 6.04 Å². The van der Waals surface area contributed by atoms with Crippen LogP contribution >= 0.6 is 11.3 Å². The first kappa shape index (κ1) is 13.9. The second-order valence-electron chi connectivity index (χ2n) is 4.86. The van der Waals surface area contributed by atoms with Crippen LogP contribution in [0.4, 0.5) is 0 Å². The maximum Gasteiger partial charge on any atom is 0.131 e. The van der Waals surface area contributed by atoms with E-state index in [4.69, 9.17) is 0 Å². The molecule has 0 fully saturated rings. The Balaban J connectivity index is 1.63. The molecule has 0 aliphatic heterocycles. The molecular formula is C15H17N5S. The lowest BCUT2D eigenvalue weighted by Gasteiger charge is -2.13. The summed E-state index contributed by atoms with van der Waals surface area (Å²) in [4.78, 5) is 0. The number of hydrogen-bond acceptors (Lipinski definition) is 5. The van der Waals surface area contributed by atoms with Gasteiger partial charge in [-0.1, -0.05) is 12.1 Å². The van der Waals surface area contributed by atoms with Gasteiger partial charge in [0.1, 0.15) is 10.0 Å². The topological polar surface area (TPSA) is 55.6 Å². The highest BCUT2D eigenvalue weighted by molar-refractivity contribution is 7.11. The van der Waals surface area contributed by atoms with Crippen molar-refractivity contribution >= 4 is 11.3 Å². The Morgan fingerprint density at radius 2 is 2.05 bits per heavy atom. The van der Waals surface area contributed by atoms with E-state index in [0.29, 0.717) is 0 Å². The predicted molar refractivity (Wildman–Crippen MR) is 83.5 cm³/mol. The van der Waals surface area contributed by atoms with E-state index in [1.807, 2.05) is 23.9 Å². The van der Waals surface area contributed by atoms with Crippen LogP contribution < -0.4 is 5.32 Å². The highest BCUT2D eigenvalue weighted by Gasteiger charge is 2.07. The van der Waals surface area contributed by atoms with Crippen molar-refractivity contribution in [3.8, 4) is 5.69 Å². The summed E-state index contributed by atoms with van der Waals surface area (Å²) < 4.78 is 1.85. The molecule has 0 saturated carbocycles. The van der Waals surface area contributed by atoms with Crippen molar-refractivity contribution in [1.29, 1.82) is 0 Å². The summed E-state index contributed by atoms with van der Waals surface area (Å²) in [6.45, 7) is 4.86. The van der Waals surface area contributed by atoms with Crippen LogP contribution in [0.1, 0.15) is 28.5 Å². The first-order valence-electron chi connectivity index (χ1n) is 6.85. The van der Waals surface area contributed by atoms with Gasteiger partial charge in [0.05, 0.1) is 12.2 Å². The highest BCUT2D eigenvalue weighted by Crippen LogP contribution is 2.16. The molecule has 21 heavy (non-hydrogen) atoms. The lowest BCUT2D eigenvalue weighted by atomic mass is 10.1. The van der Waals surface area contributed by atoms with Gasteiger partial charge in [-0.05, 0) is 37.6 Å². The Morgan fingerprint density at radius 3 is 2.67 bits per heavy atom. The number of nitrogens with one attached hydrogen (secondary N) is 1. The van der Waals surface area contributed by atoms with Gasteiger partial charge in [0.15, 0.2) is 0 Å². The smallest absolute Gasteiger partial charge is 0.131 e. The lowest BCUT2D eigenvalue weighted by molar-refractivity contribution is 0.570. The molecule has 0 amide bonds. The molecule has 0 aliphatic rings. The monoisotopic (exact) mass is 299 g/mol. The van der Waals surface area contributed by atoms with Crippen LogP contribution in [0.25, 0.3) is 5.69 Å². The van der Waals surface area contributed by atoms with Crippen LogP contribution in [-0.2, 0) is 6.54 Å². The Hall–Kier alpha value is -2.05. The van der Waals surface area contributed by atoms with Crippen molar-refractivity contribution in [2.45, 2.75) is 26.4 Å². The third-order valence-corrected chi connectivity index (χ3v) is 4.13. The molecule has 1 aromatic carbocycles. The van der Waals surface area contributed by atoms with Crippen molar-refractivity contribution in [1.82, 2.24) is 25.3 Å². The first-order valence-corrected chi connectivity index (χ1v) is 7.66. The zero-order valence-corrected chi connectivity index (χ0v) is 12.8. The van der Waals surface area contributed by atoms with Crippen LogP contribution in [0.15, 0.2) is 42.7 Å². The maximum absolute atomic E-state index is 4.23. The van der Waals surface area contributed by atoms with E-state index >= 15 is 0 Å². The average Bonchev–Trinajstić information content (AvgIpc) is 3.16. The third kappa shape index (κ3) is 3.34. The predicted octanol–water partition coefficient (Wildman–Crippen LogP) is 2.88. The Morgan fingerprint density at radius 1 is 1.24 bits per heavy atom. The Kier molecular flexibility index (Phi) is 4.08. The van der Waals surface area contributed by atoms with Gasteiger partial charge in [-0.2, -0.15) is 5.10 Å². The first-order chi connectivity index (χ1) is 10.2. The van der Waals surface area contributed by atoms with Crippen LogP contribution in [0.2, 0.25) is 0 Å². The molecular weight excluding hydrogens is 282 g/mol. The molecule has 0 bridgehead atoms. The van der Waals surface area contributed by atoms with Crippen LogP contribution in [-0.4, -0.2) is 20.0 Å². The molecule has 3 aromatic rings. The SMILES string of the molecule is Cc1nnc(CN[C@H](C)c2ccc(-n3cccn3)cc2)s1. The van der Waals surface area contributed by atoms with Gasteiger partial charge in [0.25, 0.3) is 0 Å². The molecule has 0 spiro atoms. The Bertz CT molecular complexity index is 687. The molecule has 0 radical (unpaired) electrons. The van der Waals surface area contributed by atoms with Crippen LogP contribution in [0.3, 0.4) is 0 Å². The fourth-order valence-electron chi connectivity index (χ4n) is 2.10. The molecule has 5 nitrogen and oxygen atoms in total. The average molecular weight is 299 g/mol. The number of benzene rings is 1. The van der Waals surface area contributed by atoms with E-state index < -0.39 is 0 Å². The standard InChI is InChI=1S/C15H17N5S/c1-11(16-10-15-19-18-12(2)21-15)13-4-6-14(7-5-13)20-9-3-8-17-20/h3-9,11,16H,10H2,1-2H3/t11-/m1/s1.